The lowest BCUT2D eigenvalue weighted by molar-refractivity contribution is -0.119. The van der Waals surface area contributed by atoms with Crippen molar-refractivity contribution in [2.75, 3.05) is 18.9 Å². The molecule has 1 aromatic rings. The number of anilines is 1. The molecule has 116 valence electrons. The van der Waals surface area contributed by atoms with Crippen molar-refractivity contribution in [1.29, 1.82) is 0 Å². The van der Waals surface area contributed by atoms with Crippen molar-refractivity contribution in [3.63, 3.8) is 0 Å². The molecule has 0 spiro atoms. The Hall–Kier alpha value is -2.63. The molecule has 1 atom stereocenters. The van der Waals surface area contributed by atoms with Crippen molar-refractivity contribution >= 4 is 23.4 Å². The van der Waals surface area contributed by atoms with Gasteiger partial charge in [0, 0.05) is 37.3 Å². The van der Waals surface area contributed by atoms with Gasteiger partial charge in [-0.05, 0) is 36.8 Å². The van der Waals surface area contributed by atoms with Crippen LogP contribution in [0, 0.1) is 0 Å². The summed E-state index contributed by atoms with van der Waals surface area (Å²) >= 11 is 0. The summed E-state index contributed by atoms with van der Waals surface area (Å²) < 4.78 is 0. The summed E-state index contributed by atoms with van der Waals surface area (Å²) in [4.78, 5) is 36.3. The number of likely N-dealkylation sites (N-methyl/N-ethyl adjacent to an activating group) is 1. The molecule has 1 aromatic carbocycles. The minimum atomic E-state index is -0.298. The first-order chi connectivity index (χ1) is 10.5. The predicted molar refractivity (Wildman–Crippen MR) is 83.4 cm³/mol. The van der Waals surface area contributed by atoms with E-state index in [0.29, 0.717) is 24.2 Å². The van der Waals surface area contributed by atoms with E-state index in [1.807, 2.05) is 0 Å². The lowest BCUT2D eigenvalue weighted by Crippen LogP contribution is -2.39. The number of nitrogens with one attached hydrogen (secondary N) is 2. The molecule has 0 aliphatic carbocycles. The zero-order valence-corrected chi connectivity index (χ0v) is 12.5. The first kappa shape index (κ1) is 15.8. The van der Waals surface area contributed by atoms with Gasteiger partial charge in [-0.1, -0.05) is 6.58 Å². The topological polar surface area (TPSA) is 78.5 Å². The highest BCUT2D eigenvalue weighted by molar-refractivity contribution is 5.99. The van der Waals surface area contributed by atoms with Gasteiger partial charge in [-0.2, -0.15) is 0 Å². The highest BCUT2D eigenvalue weighted by Gasteiger charge is 2.23. The van der Waals surface area contributed by atoms with Gasteiger partial charge in [-0.3, -0.25) is 14.4 Å². The molecule has 0 bridgehead atoms. The number of rotatable bonds is 5. The Kier molecular flexibility index (Phi) is 4.93. The van der Waals surface area contributed by atoms with E-state index in [-0.39, 0.29) is 23.8 Å². The molecule has 1 fully saturated rings. The summed E-state index contributed by atoms with van der Waals surface area (Å²) in [6.45, 7) is 3.86. The number of benzene rings is 1. The minimum Gasteiger partial charge on any atom is -0.352 e. The zero-order valence-electron chi connectivity index (χ0n) is 12.5. The summed E-state index contributed by atoms with van der Waals surface area (Å²) in [5.74, 6) is -0.385. The van der Waals surface area contributed by atoms with Gasteiger partial charge in [0.2, 0.25) is 11.8 Å². The van der Waals surface area contributed by atoms with Crippen molar-refractivity contribution < 1.29 is 14.4 Å². The normalized spacial score (nSPS) is 16.8. The van der Waals surface area contributed by atoms with Gasteiger partial charge < -0.3 is 15.5 Å². The average molecular weight is 301 g/mol. The highest BCUT2D eigenvalue weighted by Crippen LogP contribution is 2.13. The van der Waals surface area contributed by atoms with Crippen LogP contribution in [0.25, 0.3) is 0 Å². The second kappa shape index (κ2) is 6.89. The van der Waals surface area contributed by atoms with Crippen LogP contribution in [0.5, 0.6) is 0 Å². The van der Waals surface area contributed by atoms with E-state index < -0.39 is 0 Å². The molecule has 1 aliphatic heterocycles. The SMILES string of the molecule is C=CC(=O)Nc1ccc(C(=O)N(C)C[C@@H]2CCC(=O)N2)cc1. The molecular weight excluding hydrogens is 282 g/mol. The quantitative estimate of drug-likeness (QED) is 0.801. The van der Waals surface area contributed by atoms with Crippen molar-refractivity contribution in [2.45, 2.75) is 18.9 Å². The Morgan fingerprint density at radius 2 is 2.09 bits per heavy atom. The van der Waals surface area contributed by atoms with Crippen LogP contribution in [-0.2, 0) is 9.59 Å². The monoisotopic (exact) mass is 301 g/mol. The van der Waals surface area contributed by atoms with E-state index in [1.165, 1.54) is 6.08 Å². The van der Waals surface area contributed by atoms with Crippen molar-refractivity contribution in [3.8, 4) is 0 Å². The molecular formula is C16H19N3O3. The maximum atomic E-state index is 12.3. The second-order valence-corrected chi connectivity index (χ2v) is 5.26. The van der Waals surface area contributed by atoms with Crippen LogP contribution in [0.2, 0.25) is 0 Å². The standard InChI is InChI=1S/C16H19N3O3/c1-3-14(20)17-12-6-4-11(5-7-12)16(22)19(2)10-13-8-9-15(21)18-13/h3-7,13H,1,8-10H2,2H3,(H,17,20)(H,18,21)/t13-/m0/s1. The summed E-state index contributed by atoms with van der Waals surface area (Å²) in [6.07, 6.45) is 2.45. The maximum Gasteiger partial charge on any atom is 0.253 e. The van der Waals surface area contributed by atoms with Crippen LogP contribution in [-0.4, -0.2) is 42.3 Å². The Balaban J connectivity index is 1.95. The van der Waals surface area contributed by atoms with E-state index in [1.54, 1.807) is 36.2 Å². The number of hydrogen-bond donors (Lipinski definition) is 2. The van der Waals surface area contributed by atoms with Crippen LogP contribution in [0.3, 0.4) is 0 Å². The average Bonchev–Trinajstić information content (AvgIpc) is 2.92. The highest BCUT2D eigenvalue weighted by atomic mass is 16.2. The number of carbonyl (C=O) groups excluding carboxylic acids is 3. The lowest BCUT2D eigenvalue weighted by Gasteiger charge is -2.21. The van der Waals surface area contributed by atoms with E-state index >= 15 is 0 Å². The van der Waals surface area contributed by atoms with Gasteiger partial charge in [-0.15, -0.1) is 0 Å². The molecule has 1 aliphatic rings. The molecule has 2 rings (SSSR count). The Morgan fingerprint density at radius 1 is 1.41 bits per heavy atom. The molecule has 0 unspecified atom stereocenters. The summed E-state index contributed by atoms with van der Waals surface area (Å²) in [5.41, 5.74) is 1.13. The van der Waals surface area contributed by atoms with E-state index in [9.17, 15) is 14.4 Å². The number of amides is 3. The van der Waals surface area contributed by atoms with Gasteiger partial charge in [0.1, 0.15) is 0 Å². The van der Waals surface area contributed by atoms with Crippen molar-refractivity contribution in [3.05, 3.63) is 42.5 Å². The summed E-state index contributed by atoms with van der Waals surface area (Å²) in [5, 5.41) is 5.46. The molecule has 2 N–H and O–H groups in total. The van der Waals surface area contributed by atoms with Crippen LogP contribution < -0.4 is 10.6 Å². The zero-order chi connectivity index (χ0) is 16.1. The summed E-state index contributed by atoms with van der Waals surface area (Å²) in [7, 11) is 1.71. The predicted octanol–water partition coefficient (Wildman–Crippen LogP) is 1.16. The van der Waals surface area contributed by atoms with Gasteiger partial charge >= 0.3 is 0 Å². The second-order valence-electron chi connectivity index (χ2n) is 5.26. The first-order valence-electron chi connectivity index (χ1n) is 7.08. The molecule has 1 saturated heterocycles. The van der Waals surface area contributed by atoms with Crippen molar-refractivity contribution in [1.82, 2.24) is 10.2 Å². The fourth-order valence-electron chi connectivity index (χ4n) is 2.34. The lowest BCUT2D eigenvalue weighted by atomic mass is 10.1. The minimum absolute atomic E-state index is 0.0209. The molecule has 6 heteroatoms. The molecule has 0 saturated carbocycles. The summed E-state index contributed by atoms with van der Waals surface area (Å²) in [6, 6.07) is 6.67. The Morgan fingerprint density at radius 3 is 2.64 bits per heavy atom. The molecule has 6 nitrogen and oxygen atoms in total. The van der Waals surface area contributed by atoms with Crippen LogP contribution >= 0.6 is 0 Å². The third kappa shape index (κ3) is 3.94. The Bertz CT molecular complexity index is 595. The van der Waals surface area contributed by atoms with Gasteiger partial charge in [-0.25, -0.2) is 0 Å². The fraction of sp³-hybridized carbons (Fsp3) is 0.312. The van der Waals surface area contributed by atoms with E-state index in [2.05, 4.69) is 17.2 Å². The smallest absolute Gasteiger partial charge is 0.253 e. The number of carbonyl (C=O) groups is 3. The van der Waals surface area contributed by atoms with E-state index in [0.717, 1.165) is 6.42 Å². The third-order valence-corrected chi connectivity index (χ3v) is 3.51. The largest absolute Gasteiger partial charge is 0.352 e. The van der Waals surface area contributed by atoms with Crippen LogP contribution in [0.4, 0.5) is 5.69 Å². The Labute approximate surface area is 129 Å². The first-order valence-corrected chi connectivity index (χ1v) is 7.08. The number of hydrogen-bond acceptors (Lipinski definition) is 3. The number of nitrogens with zero attached hydrogens (tertiary/aromatic N) is 1. The van der Waals surface area contributed by atoms with Gasteiger partial charge in [0.15, 0.2) is 0 Å². The molecule has 22 heavy (non-hydrogen) atoms. The van der Waals surface area contributed by atoms with Gasteiger partial charge in [0.05, 0.1) is 0 Å². The van der Waals surface area contributed by atoms with Crippen molar-refractivity contribution in [2.24, 2.45) is 0 Å². The van der Waals surface area contributed by atoms with Crippen LogP contribution in [0.15, 0.2) is 36.9 Å². The van der Waals surface area contributed by atoms with Crippen LogP contribution in [0.1, 0.15) is 23.2 Å². The maximum absolute atomic E-state index is 12.3. The van der Waals surface area contributed by atoms with Gasteiger partial charge in [0.25, 0.3) is 5.91 Å². The third-order valence-electron chi connectivity index (χ3n) is 3.51. The van der Waals surface area contributed by atoms with E-state index in [4.69, 9.17) is 0 Å². The molecule has 3 amide bonds. The molecule has 0 radical (unpaired) electrons. The molecule has 1 heterocycles. The molecule has 0 aromatic heterocycles. The fourth-order valence-corrected chi connectivity index (χ4v) is 2.34.